The van der Waals surface area contributed by atoms with Gasteiger partial charge in [0.25, 0.3) is 0 Å². The van der Waals surface area contributed by atoms with Crippen LogP contribution in [-0.4, -0.2) is 39.7 Å². The van der Waals surface area contributed by atoms with Crippen molar-refractivity contribution >= 4 is 20.7 Å². The Kier molecular flexibility index (Phi) is 7.37. The van der Waals surface area contributed by atoms with Crippen LogP contribution in [0.1, 0.15) is 13.8 Å². The minimum atomic E-state index is -0.877. The number of nitrogens with zero attached hydrogens (tertiary/aromatic N) is 1. The highest BCUT2D eigenvalue weighted by atomic mass is 35.5. The molecule has 0 aromatic carbocycles. The lowest BCUT2D eigenvalue weighted by molar-refractivity contribution is 0.470. The van der Waals surface area contributed by atoms with Gasteiger partial charge < -0.3 is 9.55 Å². The quantitative estimate of drug-likeness (QED) is 0.502. The fraction of sp³-hybridized carbons (Fsp3) is 1.00. The van der Waals surface area contributed by atoms with Crippen LogP contribution in [0, 0.1) is 0 Å². The maximum Gasteiger partial charge on any atom is 0.188 e. The second-order valence-electron chi connectivity index (χ2n) is 2.50. The first-order valence-corrected chi connectivity index (χ1v) is 6.71. The molecule has 0 fully saturated rings. The first-order valence-electron chi connectivity index (χ1n) is 4.27. The third-order valence-corrected chi connectivity index (χ3v) is 5.67. The van der Waals surface area contributed by atoms with Crippen LogP contribution in [0.3, 0.4) is 0 Å². The van der Waals surface area contributed by atoms with Gasteiger partial charge in [0.15, 0.2) is 9.12 Å². The Morgan fingerprint density at radius 2 is 1.91 bits per heavy atom. The molecule has 0 bridgehead atoms. The van der Waals surface area contributed by atoms with Gasteiger partial charge in [0.1, 0.15) is 0 Å². The van der Waals surface area contributed by atoms with Crippen molar-refractivity contribution in [2.45, 2.75) is 19.9 Å². The summed E-state index contributed by atoms with van der Waals surface area (Å²) in [6.45, 7) is 6.69. The highest BCUT2D eigenvalue weighted by Gasteiger charge is 2.14. The van der Waals surface area contributed by atoms with E-state index >= 15 is 0 Å². The molecular weight excluding hydrogens is 176 g/mol. The third kappa shape index (κ3) is 4.11. The molecule has 4 heteroatoms. The maximum absolute atomic E-state index is 5.70. The smallest absolute Gasteiger partial charge is 0.188 e. The summed E-state index contributed by atoms with van der Waals surface area (Å²) in [4.78, 5) is 3.39. The topological polar surface area (TPSA) is 15.3 Å². The fourth-order valence-electron chi connectivity index (χ4n) is 1.28. The second kappa shape index (κ2) is 7.10. The molecule has 1 unspecified atom stereocenters. The first kappa shape index (κ1) is 11.4. The van der Waals surface area contributed by atoms with Crippen LogP contribution < -0.4 is 4.98 Å². The van der Waals surface area contributed by atoms with Gasteiger partial charge >= 0.3 is 0 Å². The minimum absolute atomic E-state index is 0.786. The van der Waals surface area contributed by atoms with Crippen LogP contribution in [0.5, 0.6) is 0 Å². The van der Waals surface area contributed by atoms with E-state index in [1.54, 1.807) is 0 Å². The molecule has 0 saturated carbocycles. The molecule has 11 heavy (non-hydrogen) atoms. The van der Waals surface area contributed by atoms with Gasteiger partial charge in [0.2, 0.25) is 0 Å². The molecule has 2 nitrogen and oxygen atoms in total. The molecule has 0 aliphatic heterocycles. The van der Waals surface area contributed by atoms with Crippen LogP contribution in [0.25, 0.3) is 0 Å². The van der Waals surface area contributed by atoms with Gasteiger partial charge in [-0.3, -0.25) is 0 Å². The summed E-state index contributed by atoms with van der Waals surface area (Å²) in [7, 11) is 1.17. The van der Waals surface area contributed by atoms with Crippen LogP contribution in [0.4, 0.5) is 0 Å². The Morgan fingerprint density at radius 1 is 1.36 bits per heavy atom. The second-order valence-corrected chi connectivity index (χ2v) is 5.80. The van der Waals surface area contributed by atoms with Gasteiger partial charge in [-0.2, -0.15) is 0 Å². The van der Waals surface area contributed by atoms with Crippen LogP contribution >= 0.6 is 11.6 Å². The molecule has 0 spiro atoms. The van der Waals surface area contributed by atoms with Crippen LogP contribution in [0.2, 0.25) is 6.04 Å². The summed E-state index contributed by atoms with van der Waals surface area (Å²) in [6.07, 6.45) is 0. The predicted octanol–water partition coefficient (Wildman–Crippen LogP) is 1.01. The van der Waals surface area contributed by atoms with Crippen molar-refractivity contribution in [3.8, 4) is 0 Å². The minimum Gasteiger partial charge on any atom is -0.331 e. The summed E-state index contributed by atoms with van der Waals surface area (Å²) in [5.41, 5.74) is 0. The zero-order valence-corrected chi connectivity index (χ0v) is 9.64. The number of hydrogen-bond acceptors (Lipinski definition) is 2. The Morgan fingerprint density at radius 3 is 2.18 bits per heavy atom. The maximum atomic E-state index is 5.70. The summed E-state index contributed by atoms with van der Waals surface area (Å²) < 4.78 is 2.50. The fourth-order valence-corrected chi connectivity index (χ4v) is 4.00. The lowest BCUT2D eigenvalue weighted by atomic mass is 10.7. The summed E-state index contributed by atoms with van der Waals surface area (Å²) in [5.74, 6) is 0.786. The molecule has 0 aliphatic rings. The van der Waals surface area contributed by atoms with E-state index < -0.39 is 9.12 Å². The summed E-state index contributed by atoms with van der Waals surface area (Å²) in [5, 5.41) is 0. The van der Waals surface area contributed by atoms with Crippen molar-refractivity contribution < 1.29 is 0 Å². The van der Waals surface area contributed by atoms with E-state index in [4.69, 9.17) is 11.6 Å². The molecule has 0 radical (unpaired) electrons. The Balaban J connectivity index is 3.76. The molecule has 1 atom stereocenters. The van der Waals surface area contributed by atoms with Crippen molar-refractivity contribution in [1.82, 2.24) is 9.55 Å². The largest absolute Gasteiger partial charge is 0.331 e. The van der Waals surface area contributed by atoms with Crippen molar-refractivity contribution in [3.63, 3.8) is 0 Å². The number of alkyl halides is 1. The molecule has 0 rings (SSSR count). The van der Waals surface area contributed by atoms with Gasteiger partial charge in [0, 0.05) is 5.88 Å². The Labute approximate surface area is 76.7 Å². The lowest BCUT2D eigenvalue weighted by Gasteiger charge is -2.26. The van der Waals surface area contributed by atoms with Crippen LogP contribution in [0.15, 0.2) is 0 Å². The molecule has 0 aromatic rings. The Bertz CT molecular complexity index is 88.5. The highest BCUT2D eigenvalue weighted by Crippen LogP contribution is 1.98. The summed E-state index contributed by atoms with van der Waals surface area (Å²) >= 11 is 5.70. The molecule has 0 amide bonds. The number of halogens is 1. The SMILES string of the molecule is CCN(CC)[SiH](CCCl)NC. The number of hydrogen-bond donors (Lipinski definition) is 1. The molecule has 0 saturated heterocycles. The Hall–Kier alpha value is 0.427. The highest BCUT2D eigenvalue weighted by molar-refractivity contribution is 6.54. The van der Waals surface area contributed by atoms with E-state index in [0.717, 1.165) is 25.0 Å². The lowest BCUT2D eigenvalue weighted by Crippen LogP contribution is -2.48. The van der Waals surface area contributed by atoms with E-state index in [0.29, 0.717) is 0 Å². The predicted molar refractivity (Wildman–Crippen MR) is 54.7 cm³/mol. The monoisotopic (exact) mass is 194 g/mol. The van der Waals surface area contributed by atoms with Crippen molar-refractivity contribution in [1.29, 1.82) is 0 Å². The molecule has 1 N–H and O–H groups in total. The van der Waals surface area contributed by atoms with Crippen molar-refractivity contribution in [2.24, 2.45) is 0 Å². The average Bonchev–Trinajstić information content (AvgIpc) is 2.05. The normalized spacial score (nSPS) is 13.9. The standard InChI is InChI=1S/C7H19ClN2Si/c1-4-10(5-2)11(9-3)7-6-8/h9,11H,4-7H2,1-3H3. The summed E-state index contributed by atoms with van der Waals surface area (Å²) in [6, 6.07) is 1.15. The molecule has 0 aliphatic carbocycles. The first-order chi connectivity index (χ1) is 5.29. The van der Waals surface area contributed by atoms with Gasteiger partial charge in [-0.15, -0.1) is 11.6 Å². The zero-order chi connectivity index (χ0) is 8.69. The van der Waals surface area contributed by atoms with Crippen LogP contribution in [-0.2, 0) is 0 Å². The zero-order valence-electron chi connectivity index (χ0n) is 7.73. The molecule has 68 valence electrons. The van der Waals surface area contributed by atoms with E-state index in [-0.39, 0.29) is 0 Å². The molecule has 0 heterocycles. The van der Waals surface area contributed by atoms with E-state index in [2.05, 4.69) is 23.4 Å². The van der Waals surface area contributed by atoms with Gasteiger partial charge in [-0.05, 0) is 26.2 Å². The van der Waals surface area contributed by atoms with Gasteiger partial charge in [-0.1, -0.05) is 13.8 Å². The average molecular weight is 195 g/mol. The van der Waals surface area contributed by atoms with E-state index in [1.807, 2.05) is 7.05 Å². The molecule has 0 aromatic heterocycles. The number of nitrogens with one attached hydrogen (secondary N) is 1. The van der Waals surface area contributed by atoms with E-state index in [9.17, 15) is 0 Å². The third-order valence-electron chi connectivity index (χ3n) is 1.97. The van der Waals surface area contributed by atoms with Crippen molar-refractivity contribution in [3.05, 3.63) is 0 Å². The van der Waals surface area contributed by atoms with E-state index in [1.165, 1.54) is 0 Å². The van der Waals surface area contributed by atoms with Gasteiger partial charge in [0.05, 0.1) is 0 Å². The molecular formula is C7H19ClN2Si. The number of rotatable bonds is 6. The van der Waals surface area contributed by atoms with Crippen molar-refractivity contribution in [2.75, 3.05) is 26.0 Å². The van der Waals surface area contributed by atoms with Gasteiger partial charge in [-0.25, -0.2) is 0 Å².